The van der Waals surface area contributed by atoms with Crippen molar-refractivity contribution in [1.82, 2.24) is 4.98 Å². The van der Waals surface area contributed by atoms with Gasteiger partial charge < -0.3 is 16.2 Å². The average Bonchev–Trinajstić information content (AvgIpc) is 2.51. The number of hydrogen-bond donors (Lipinski definition) is 2. The molecule has 0 amide bonds. The first-order valence-electron chi connectivity index (χ1n) is 3.78. The van der Waals surface area contributed by atoms with E-state index in [0.717, 1.165) is 0 Å². The monoisotopic (exact) mass is 201 g/mol. The SMILES string of the molecule is CCOC(=O)C(N)c1csc(N)n1. The van der Waals surface area contributed by atoms with Gasteiger partial charge in [0.15, 0.2) is 5.13 Å². The summed E-state index contributed by atoms with van der Waals surface area (Å²) in [5, 5.41) is 2.05. The highest BCUT2D eigenvalue weighted by Crippen LogP contribution is 2.17. The molecule has 1 heterocycles. The molecule has 6 heteroatoms. The number of carbonyl (C=O) groups excluding carboxylic acids is 1. The van der Waals surface area contributed by atoms with Crippen molar-refractivity contribution in [2.75, 3.05) is 12.3 Å². The molecule has 0 radical (unpaired) electrons. The first-order valence-corrected chi connectivity index (χ1v) is 4.66. The molecule has 5 nitrogen and oxygen atoms in total. The summed E-state index contributed by atoms with van der Waals surface area (Å²) in [6.07, 6.45) is 0. The lowest BCUT2D eigenvalue weighted by Gasteiger charge is -2.06. The van der Waals surface area contributed by atoms with Crippen LogP contribution in [0.4, 0.5) is 5.13 Å². The van der Waals surface area contributed by atoms with Gasteiger partial charge in [-0.25, -0.2) is 9.78 Å². The number of nitrogen functional groups attached to an aromatic ring is 1. The molecule has 0 saturated heterocycles. The molecule has 0 spiro atoms. The van der Waals surface area contributed by atoms with Crippen LogP contribution in [0.3, 0.4) is 0 Å². The average molecular weight is 201 g/mol. The maximum Gasteiger partial charge on any atom is 0.329 e. The van der Waals surface area contributed by atoms with E-state index in [2.05, 4.69) is 4.98 Å². The van der Waals surface area contributed by atoms with Crippen LogP contribution in [0.1, 0.15) is 18.7 Å². The fourth-order valence-electron chi connectivity index (χ4n) is 0.796. The Balaban J connectivity index is 2.67. The Morgan fingerprint density at radius 2 is 2.54 bits per heavy atom. The quantitative estimate of drug-likeness (QED) is 0.686. The molecule has 1 aromatic heterocycles. The normalized spacial score (nSPS) is 12.5. The highest BCUT2D eigenvalue weighted by molar-refractivity contribution is 7.13. The van der Waals surface area contributed by atoms with Crippen molar-refractivity contribution in [3.63, 3.8) is 0 Å². The van der Waals surface area contributed by atoms with Gasteiger partial charge in [-0.2, -0.15) is 0 Å². The molecular formula is C7H11N3O2S. The van der Waals surface area contributed by atoms with Crippen LogP contribution in [0.25, 0.3) is 0 Å². The predicted molar refractivity (Wildman–Crippen MR) is 50.1 cm³/mol. The molecular weight excluding hydrogens is 190 g/mol. The second kappa shape index (κ2) is 4.20. The van der Waals surface area contributed by atoms with Gasteiger partial charge in [0.25, 0.3) is 0 Å². The minimum atomic E-state index is -0.825. The van der Waals surface area contributed by atoms with Crippen LogP contribution in [-0.2, 0) is 9.53 Å². The van der Waals surface area contributed by atoms with Crippen molar-refractivity contribution < 1.29 is 9.53 Å². The van der Waals surface area contributed by atoms with Crippen LogP contribution in [0.5, 0.6) is 0 Å². The predicted octanol–water partition coefficient (Wildman–Crippen LogP) is 0.288. The topological polar surface area (TPSA) is 91.2 Å². The van der Waals surface area contributed by atoms with Crippen LogP contribution in [0, 0.1) is 0 Å². The Hall–Kier alpha value is -1.14. The number of aromatic nitrogens is 1. The fourth-order valence-corrected chi connectivity index (χ4v) is 1.40. The summed E-state index contributed by atoms with van der Waals surface area (Å²) in [5.41, 5.74) is 11.4. The second-order valence-electron chi connectivity index (χ2n) is 2.34. The highest BCUT2D eigenvalue weighted by atomic mass is 32.1. The van der Waals surface area contributed by atoms with Crippen molar-refractivity contribution in [3.8, 4) is 0 Å². The Kier molecular flexibility index (Phi) is 3.21. The van der Waals surface area contributed by atoms with Crippen LogP contribution >= 0.6 is 11.3 Å². The molecule has 0 bridgehead atoms. The molecule has 0 aromatic carbocycles. The zero-order chi connectivity index (χ0) is 9.84. The summed E-state index contributed by atoms with van der Waals surface area (Å²) < 4.78 is 4.73. The summed E-state index contributed by atoms with van der Waals surface area (Å²) >= 11 is 1.25. The van der Waals surface area contributed by atoms with E-state index in [0.29, 0.717) is 17.4 Å². The van der Waals surface area contributed by atoms with Gasteiger partial charge in [-0.1, -0.05) is 0 Å². The van der Waals surface area contributed by atoms with Crippen molar-refractivity contribution in [1.29, 1.82) is 0 Å². The molecule has 0 aliphatic heterocycles. The van der Waals surface area contributed by atoms with E-state index in [1.807, 2.05) is 0 Å². The van der Waals surface area contributed by atoms with E-state index in [4.69, 9.17) is 16.2 Å². The number of hydrogen-bond acceptors (Lipinski definition) is 6. The van der Waals surface area contributed by atoms with E-state index in [1.54, 1.807) is 12.3 Å². The van der Waals surface area contributed by atoms with Gasteiger partial charge in [0.05, 0.1) is 12.3 Å². The molecule has 0 fully saturated rings. The van der Waals surface area contributed by atoms with E-state index in [9.17, 15) is 4.79 Å². The maximum absolute atomic E-state index is 11.1. The molecule has 1 unspecified atom stereocenters. The molecule has 72 valence electrons. The summed E-state index contributed by atoms with van der Waals surface area (Å²) in [6.45, 7) is 2.03. The van der Waals surface area contributed by atoms with Gasteiger partial charge in [0.2, 0.25) is 0 Å². The third-order valence-corrected chi connectivity index (χ3v) is 2.09. The Morgan fingerprint density at radius 3 is 3.00 bits per heavy atom. The molecule has 0 aliphatic rings. The zero-order valence-corrected chi connectivity index (χ0v) is 8.00. The summed E-state index contributed by atoms with van der Waals surface area (Å²) in [4.78, 5) is 15.0. The number of nitrogens with zero attached hydrogens (tertiary/aromatic N) is 1. The van der Waals surface area contributed by atoms with E-state index in [-0.39, 0.29) is 0 Å². The number of esters is 1. The Bertz CT molecular complexity index is 300. The van der Waals surface area contributed by atoms with Gasteiger partial charge in [0, 0.05) is 5.38 Å². The number of carbonyl (C=O) groups is 1. The van der Waals surface area contributed by atoms with Crippen LogP contribution in [-0.4, -0.2) is 17.6 Å². The van der Waals surface area contributed by atoms with Crippen molar-refractivity contribution in [2.45, 2.75) is 13.0 Å². The lowest BCUT2D eigenvalue weighted by atomic mass is 10.2. The molecule has 1 aromatic rings. The van der Waals surface area contributed by atoms with E-state index < -0.39 is 12.0 Å². The second-order valence-corrected chi connectivity index (χ2v) is 3.23. The molecule has 0 aliphatic carbocycles. The number of anilines is 1. The first kappa shape index (κ1) is 9.94. The fraction of sp³-hybridized carbons (Fsp3) is 0.429. The van der Waals surface area contributed by atoms with Crippen molar-refractivity contribution in [2.24, 2.45) is 5.73 Å². The van der Waals surface area contributed by atoms with Crippen LogP contribution in [0.15, 0.2) is 5.38 Å². The molecule has 4 N–H and O–H groups in total. The van der Waals surface area contributed by atoms with E-state index >= 15 is 0 Å². The smallest absolute Gasteiger partial charge is 0.329 e. The van der Waals surface area contributed by atoms with Gasteiger partial charge in [0.1, 0.15) is 6.04 Å². The van der Waals surface area contributed by atoms with Gasteiger partial charge in [-0.15, -0.1) is 11.3 Å². The largest absolute Gasteiger partial charge is 0.465 e. The summed E-state index contributed by atoms with van der Waals surface area (Å²) in [6, 6.07) is -0.825. The number of nitrogens with two attached hydrogens (primary N) is 2. The standard InChI is InChI=1S/C7H11N3O2S/c1-2-12-6(11)5(8)4-3-13-7(9)10-4/h3,5H,2,8H2,1H3,(H2,9,10). The minimum absolute atomic E-state index is 0.312. The Labute approximate surface area is 79.7 Å². The molecule has 13 heavy (non-hydrogen) atoms. The van der Waals surface area contributed by atoms with Crippen LogP contribution < -0.4 is 11.5 Å². The minimum Gasteiger partial charge on any atom is -0.465 e. The number of ether oxygens (including phenoxy) is 1. The van der Waals surface area contributed by atoms with Crippen molar-refractivity contribution in [3.05, 3.63) is 11.1 Å². The third-order valence-electron chi connectivity index (χ3n) is 1.40. The van der Waals surface area contributed by atoms with E-state index in [1.165, 1.54) is 11.3 Å². The molecule has 1 atom stereocenters. The summed E-state index contributed by atoms with van der Waals surface area (Å²) in [7, 11) is 0. The zero-order valence-electron chi connectivity index (χ0n) is 7.19. The number of rotatable bonds is 3. The summed E-state index contributed by atoms with van der Waals surface area (Å²) in [5.74, 6) is -0.479. The van der Waals surface area contributed by atoms with Crippen molar-refractivity contribution >= 4 is 22.4 Å². The van der Waals surface area contributed by atoms with Crippen LogP contribution in [0.2, 0.25) is 0 Å². The van der Waals surface area contributed by atoms with Gasteiger partial charge >= 0.3 is 5.97 Å². The lowest BCUT2D eigenvalue weighted by Crippen LogP contribution is -2.24. The third kappa shape index (κ3) is 2.40. The highest BCUT2D eigenvalue weighted by Gasteiger charge is 2.19. The molecule has 0 saturated carbocycles. The lowest BCUT2D eigenvalue weighted by molar-refractivity contribution is -0.144. The van der Waals surface area contributed by atoms with Gasteiger partial charge in [-0.05, 0) is 6.92 Å². The Morgan fingerprint density at radius 1 is 1.85 bits per heavy atom. The number of thiazole rings is 1. The first-order chi connectivity index (χ1) is 6.15. The maximum atomic E-state index is 11.1. The molecule has 1 rings (SSSR count). The van der Waals surface area contributed by atoms with Gasteiger partial charge in [-0.3, -0.25) is 0 Å².